The molecule has 2 heteroatoms. The fourth-order valence-corrected chi connectivity index (χ4v) is 1.64. The van der Waals surface area contributed by atoms with E-state index in [1.54, 1.807) is 0 Å². The van der Waals surface area contributed by atoms with E-state index in [0.717, 1.165) is 19.6 Å². The summed E-state index contributed by atoms with van der Waals surface area (Å²) < 4.78 is 5.69. The predicted molar refractivity (Wildman–Crippen MR) is 51.4 cm³/mol. The second-order valence-corrected chi connectivity index (χ2v) is 3.84. The van der Waals surface area contributed by atoms with Gasteiger partial charge in [0.1, 0.15) is 0 Å². The van der Waals surface area contributed by atoms with Gasteiger partial charge >= 0.3 is 0 Å². The van der Waals surface area contributed by atoms with Crippen LogP contribution in [0.1, 0.15) is 33.6 Å². The molecule has 0 aromatic carbocycles. The highest BCUT2D eigenvalue weighted by Crippen LogP contribution is 2.10. The van der Waals surface area contributed by atoms with Crippen LogP contribution in [0.3, 0.4) is 0 Å². The predicted octanol–water partition coefficient (Wildman–Crippen LogP) is 1.90. The molecule has 0 bridgehead atoms. The van der Waals surface area contributed by atoms with E-state index < -0.39 is 0 Å². The van der Waals surface area contributed by atoms with Crippen molar-refractivity contribution < 1.29 is 4.74 Å². The smallest absolute Gasteiger partial charge is 0.0699 e. The minimum absolute atomic E-state index is 0.467. The third-order valence-corrected chi connectivity index (χ3v) is 2.57. The van der Waals surface area contributed by atoms with Gasteiger partial charge < -0.3 is 4.74 Å². The van der Waals surface area contributed by atoms with Gasteiger partial charge in [-0.05, 0) is 26.7 Å². The minimum Gasteiger partial charge on any atom is -0.377 e. The molecule has 0 unspecified atom stereocenters. The van der Waals surface area contributed by atoms with E-state index in [1.807, 2.05) is 0 Å². The molecule has 0 aromatic heterocycles. The van der Waals surface area contributed by atoms with Crippen molar-refractivity contribution in [1.29, 1.82) is 0 Å². The van der Waals surface area contributed by atoms with E-state index in [2.05, 4.69) is 25.7 Å². The SMILES string of the molecule is CC[C@H]1CN(C(C)C)CCCO1. The first-order valence-corrected chi connectivity index (χ1v) is 5.09. The van der Waals surface area contributed by atoms with Gasteiger partial charge in [0.25, 0.3) is 0 Å². The second-order valence-electron chi connectivity index (χ2n) is 3.84. The molecule has 0 aliphatic carbocycles. The van der Waals surface area contributed by atoms with Crippen LogP contribution in [0.2, 0.25) is 0 Å². The first-order valence-electron chi connectivity index (χ1n) is 5.09. The molecule has 0 aromatic rings. The first kappa shape index (κ1) is 10.0. The van der Waals surface area contributed by atoms with Gasteiger partial charge in [-0.25, -0.2) is 0 Å². The third kappa shape index (κ3) is 2.76. The van der Waals surface area contributed by atoms with Crippen molar-refractivity contribution in [3.63, 3.8) is 0 Å². The van der Waals surface area contributed by atoms with Crippen molar-refractivity contribution in [3.05, 3.63) is 0 Å². The topological polar surface area (TPSA) is 12.5 Å². The van der Waals surface area contributed by atoms with E-state index in [9.17, 15) is 0 Å². The maximum Gasteiger partial charge on any atom is 0.0699 e. The van der Waals surface area contributed by atoms with Gasteiger partial charge in [0.15, 0.2) is 0 Å². The standard InChI is InChI=1S/C10H21NO/c1-4-10-8-11(9(2)3)6-5-7-12-10/h9-10H,4-8H2,1-3H3/t10-/m0/s1. The number of nitrogens with zero attached hydrogens (tertiary/aromatic N) is 1. The zero-order valence-electron chi connectivity index (χ0n) is 8.55. The van der Waals surface area contributed by atoms with Crippen LogP contribution in [0.5, 0.6) is 0 Å². The Morgan fingerprint density at radius 2 is 2.25 bits per heavy atom. The zero-order valence-corrected chi connectivity index (χ0v) is 8.55. The van der Waals surface area contributed by atoms with Gasteiger partial charge in [0, 0.05) is 25.7 Å². The molecule has 1 saturated heterocycles. The summed E-state index contributed by atoms with van der Waals surface area (Å²) in [5.41, 5.74) is 0. The summed E-state index contributed by atoms with van der Waals surface area (Å²) in [5, 5.41) is 0. The Hall–Kier alpha value is -0.0800. The van der Waals surface area contributed by atoms with Gasteiger partial charge in [0.05, 0.1) is 6.10 Å². The summed E-state index contributed by atoms with van der Waals surface area (Å²) in [6.45, 7) is 9.99. The summed E-state index contributed by atoms with van der Waals surface area (Å²) in [6.07, 6.45) is 2.80. The molecule has 1 aliphatic heterocycles. The summed E-state index contributed by atoms with van der Waals surface area (Å²) >= 11 is 0. The quantitative estimate of drug-likeness (QED) is 0.629. The van der Waals surface area contributed by atoms with E-state index in [-0.39, 0.29) is 0 Å². The Balaban J connectivity index is 2.42. The average molecular weight is 171 g/mol. The average Bonchev–Trinajstić information content (AvgIpc) is 2.28. The van der Waals surface area contributed by atoms with Crippen molar-refractivity contribution in [2.45, 2.75) is 45.8 Å². The highest BCUT2D eigenvalue weighted by atomic mass is 16.5. The summed E-state index contributed by atoms with van der Waals surface area (Å²) in [4.78, 5) is 2.52. The Morgan fingerprint density at radius 3 is 2.83 bits per heavy atom. The van der Waals surface area contributed by atoms with E-state index in [4.69, 9.17) is 4.74 Å². The third-order valence-electron chi connectivity index (χ3n) is 2.57. The van der Waals surface area contributed by atoms with Crippen molar-refractivity contribution in [1.82, 2.24) is 4.90 Å². The lowest BCUT2D eigenvalue weighted by Gasteiger charge is -2.26. The molecule has 12 heavy (non-hydrogen) atoms. The van der Waals surface area contributed by atoms with Crippen LogP contribution >= 0.6 is 0 Å². The molecule has 2 nitrogen and oxygen atoms in total. The van der Waals surface area contributed by atoms with Gasteiger partial charge in [-0.1, -0.05) is 6.92 Å². The van der Waals surface area contributed by atoms with Crippen LogP contribution in [0.15, 0.2) is 0 Å². The Labute approximate surface area is 75.9 Å². The maximum absolute atomic E-state index is 5.69. The minimum atomic E-state index is 0.467. The fraction of sp³-hybridized carbons (Fsp3) is 1.00. The van der Waals surface area contributed by atoms with E-state index in [0.29, 0.717) is 12.1 Å². The lowest BCUT2D eigenvalue weighted by Crippen LogP contribution is -2.36. The molecule has 1 rings (SSSR count). The molecule has 0 spiro atoms. The lowest BCUT2D eigenvalue weighted by molar-refractivity contribution is 0.0478. The molecular formula is C10H21NO. The van der Waals surface area contributed by atoms with Crippen LogP contribution in [0, 0.1) is 0 Å². The molecule has 1 fully saturated rings. The number of hydrogen-bond donors (Lipinski definition) is 0. The van der Waals surface area contributed by atoms with Crippen molar-refractivity contribution in [2.24, 2.45) is 0 Å². The van der Waals surface area contributed by atoms with Crippen molar-refractivity contribution >= 4 is 0 Å². The van der Waals surface area contributed by atoms with Gasteiger partial charge in [0.2, 0.25) is 0 Å². The Bertz CT molecular complexity index is 125. The van der Waals surface area contributed by atoms with Crippen molar-refractivity contribution in [2.75, 3.05) is 19.7 Å². The van der Waals surface area contributed by atoms with Gasteiger partial charge in [-0.2, -0.15) is 0 Å². The summed E-state index contributed by atoms with van der Waals surface area (Å²) in [5.74, 6) is 0. The number of ether oxygens (including phenoxy) is 1. The van der Waals surface area contributed by atoms with Crippen molar-refractivity contribution in [3.8, 4) is 0 Å². The summed E-state index contributed by atoms with van der Waals surface area (Å²) in [7, 11) is 0. The molecule has 0 N–H and O–H groups in total. The summed E-state index contributed by atoms with van der Waals surface area (Å²) in [6, 6.07) is 0.667. The van der Waals surface area contributed by atoms with E-state index in [1.165, 1.54) is 13.0 Å². The monoisotopic (exact) mass is 171 g/mol. The number of hydrogen-bond acceptors (Lipinski definition) is 2. The molecule has 1 aliphatic rings. The first-order chi connectivity index (χ1) is 5.74. The highest BCUT2D eigenvalue weighted by molar-refractivity contribution is 4.71. The normalized spacial score (nSPS) is 27.5. The Morgan fingerprint density at radius 1 is 1.50 bits per heavy atom. The largest absolute Gasteiger partial charge is 0.377 e. The van der Waals surface area contributed by atoms with Crippen LogP contribution in [-0.2, 0) is 4.74 Å². The van der Waals surface area contributed by atoms with E-state index >= 15 is 0 Å². The van der Waals surface area contributed by atoms with Gasteiger partial charge in [-0.3, -0.25) is 4.90 Å². The molecule has 0 saturated carbocycles. The highest BCUT2D eigenvalue weighted by Gasteiger charge is 2.18. The van der Waals surface area contributed by atoms with Gasteiger partial charge in [-0.15, -0.1) is 0 Å². The molecule has 72 valence electrons. The number of rotatable bonds is 2. The van der Waals surface area contributed by atoms with Crippen LogP contribution in [-0.4, -0.2) is 36.7 Å². The maximum atomic E-state index is 5.69. The molecule has 0 amide bonds. The molecular weight excluding hydrogens is 150 g/mol. The lowest BCUT2D eigenvalue weighted by atomic mass is 10.2. The van der Waals surface area contributed by atoms with Crippen LogP contribution in [0.25, 0.3) is 0 Å². The Kier molecular flexibility index (Phi) is 4.02. The van der Waals surface area contributed by atoms with Crippen LogP contribution < -0.4 is 0 Å². The second kappa shape index (κ2) is 4.83. The molecule has 1 heterocycles. The zero-order chi connectivity index (χ0) is 8.97. The fourth-order valence-electron chi connectivity index (χ4n) is 1.64. The van der Waals surface area contributed by atoms with Crippen LogP contribution in [0.4, 0.5) is 0 Å². The molecule has 1 atom stereocenters. The molecule has 0 radical (unpaired) electrons.